The van der Waals surface area contributed by atoms with Crippen molar-refractivity contribution < 1.29 is 19.4 Å². The van der Waals surface area contributed by atoms with Crippen LogP contribution in [0, 0.1) is 0 Å². The van der Waals surface area contributed by atoms with Crippen molar-refractivity contribution in [1.29, 1.82) is 0 Å². The van der Waals surface area contributed by atoms with Crippen molar-refractivity contribution in [1.82, 2.24) is 15.2 Å². The summed E-state index contributed by atoms with van der Waals surface area (Å²) in [5, 5.41) is 21.4. The molecule has 0 aliphatic carbocycles. The second-order valence-corrected chi connectivity index (χ2v) is 7.32. The first-order chi connectivity index (χ1) is 14.2. The lowest BCUT2D eigenvalue weighted by Gasteiger charge is -2.21. The third kappa shape index (κ3) is 4.09. The molecule has 8 nitrogen and oxygen atoms in total. The molecular formula is C20H18N4O4S. The first kappa shape index (κ1) is 19.0. The summed E-state index contributed by atoms with van der Waals surface area (Å²) in [4.78, 5) is 15.5. The lowest BCUT2D eigenvalue weighted by Crippen LogP contribution is -2.19. The fourth-order valence-corrected chi connectivity index (χ4v) is 3.45. The molecule has 4 rings (SSSR count). The Labute approximate surface area is 171 Å². The molecule has 29 heavy (non-hydrogen) atoms. The first-order valence-corrected chi connectivity index (χ1v) is 9.98. The van der Waals surface area contributed by atoms with Crippen LogP contribution in [0.4, 0.5) is 5.69 Å². The summed E-state index contributed by atoms with van der Waals surface area (Å²) in [5.74, 6) is 0.526. The van der Waals surface area contributed by atoms with Gasteiger partial charge in [-0.25, -0.2) is 4.79 Å². The number of aliphatic carboxylic acids is 1. The smallest absolute Gasteiger partial charge is 0.341 e. The summed E-state index contributed by atoms with van der Waals surface area (Å²) in [6, 6.07) is 14.8. The molecule has 0 saturated carbocycles. The molecule has 0 bridgehead atoms. The molecule has 3 aromatic rings. The van der Waals surface area contributed by atoms with Gasteiger partial charge < -0.3 is 19.9 Å². The zero-order valence-electron chi connectivity index (χ0n) is 15.5. The van der Waals surface area contributed by atoms with Crippen molar-refractivity contribution in [2.24, 2.45) is 0 Å². The van der Waals surface area contributed by atoms with E-state index < -0.39 is 18.8 Å². The summed E-state index contributed by atoms with van der Waals surface area (Å²) in [6.07, 6.45) is -0.654. The maximum Gasteiger partial charge on any atom is 0.341 e. The molecule has 0 amide bonds. The van der Waals surface area contributed by atoms with Crippen LogP contribution in [-0.4, -0.2) is 38.6 Å². The second-order valence-electron chi connectivity index (χ2n) is 6.09. The molecule has 0 fully saturated rings. The van der Waals surface area contributed by atoms with Gasteiger partial charge in [-0.3, -0.25) is 0 Å². The average molecular weight is 410 g/mol. The highest BCUT2D eigenvalue weighted by molar-refractivity contribution is 7.99. The largest absolute Gasteiger partial charge is 0.481 e. The number of hydrogen-bond acceptors (Lipinski definition) is 8. The fourth-order valence-electron chi connectivity index (χ4n) is 2.95. The predicted octanol–water partition coefficient (Wildman–Crippen LogP) is 3.62. The highest BCUT2D eigenvalue weighted by Gasteiger charge is 2.27. The molecule has 148 valence electrons. The zero-order chi connectivity index (χ0) is 20.2. The van der Waals surface area contributed by atoms with Crippen molar-refractivity contribution in [2.45, 2.75) is 18.3 Å². The number of anilines is 1. The van der Waals surface area contributed by atoms with Gasteiger partial charge >= 0.3 is 5.97 Å². The van der Waals surface area contributed by atoms with Crippen molar-refractivity contribution in [3.63, 3.8) is 0 Å². The van der Waals surface area contributed by atoms with Gasteiger partial charge in [-0.05, 0) is 24.0 Å². The number of carboxylic acids is 1. The number of carboxylic acid groups (broad SMARTS) is 1. The summed E-state index contributed by atoms with van der Waals surface area (Å²) in [5.41, 5.74) is 2.82. The van der Waals surface area contributed by atoms with Gasteiger partial charge in [-0.2, -0.15) is 4.98 Å². The normalized spacial score (nSPS) is 14.6. The molecule has 9 heteroatoms. The quantitative estimate of drug-likeness (QED) is 0.589. The number of para-hydroxylation sites is 2. The number of thioether (sulfide) groups is 1. The minimum absolute atomic E-state index is 0.353. The number of nitrogens with zero attached hydrogens (tertiary/aromatic N) is 3. The van der Waals surface area contributed by atoms with Crippen LogP contribution >= 0.6 is 11.8 Å². The Kier molecular flexibility index (Phi) is 5.48. The van der Waals surface area contributed by atoms with Crippen LogP contribution in [0.5, 0.6) is 11.6 Å². The first-order valence-electron chi connectivity index (χ1n) is 8.99. The van der Waals surface area contributed by atoms with E-state index in [1.807, 2.05) is 43.3 Å². The highest BCUT2D eigenvalue weighted by atomic mass is 32.2. The van der Waals surface area contributed by atoms with Crippen LogP contribution in [0.15, 0.2) is 53.7 Å². The Balaban J connectivity index is 1.78. The highest BCUT2D eigenvalue weighted by Crippen LogP contribution is 2.40. The molecule has 1 aliphatic rings. The monoisotopic (exact) mass is 410 g/mol. The summed E-state index contributed by atoms with van der Waals surface area (Å²) in [6.45, 7) is 1.56. The van der Waals surface area contributed by atoms with Crippen LogP contribution in [0.25, 0.3) is 11.3 Å². The van der Waals surface area contributed by atoms with Crippen molar-refractivity contribution in [3.05, 3.63) is 54.1 Å². The molecule has 1 unspecified atom stereocenters. The van der Waals surface area contributed by atoms with Gasteiger partial charge in [0.05, 0.1) is 5.56 Å². The molecule has 1 aromatic heterocycles. The molecule has 0 saturated heterocycles. The Morgan fingerprint density at radius 3 is 2.83 bits per heavy atom. The predicted molar refractivity (Wildman–Crippen MR) is 108 cm³/mol. The van der Waals surface area contributed by atoms with E-state index in [1.165, 1.54) is 11.8 Å². The van der Waals surface area contributed by atoms with E-state index in [-0.39, 0.29) is 0 Å². The standard InChI is InChI=1S/C20H18N4O4S/c1-2-29-20-22-19-17(23-24-20)12-7-3-5-9-14(12)21-18(28-19)13-8-4-6-10-15(13)27-11-16(25)26/h3-10,18,21H,2,11H2,1H3,(H,25,26). The Bertz CT molecular complexity index is 1050. The van der Waals surface area contributed by atoms with E-state index in [9.17, 15) is 4.79 Å². The van der Waals surface area contributed by atoms with Crippen LogP contribution in [0.2, 0.25) is 0 Å². The number of nitrogens with one attached hydrogen (secondary N) is 1. The topological polar surface area (TPSA) is 106 Å². The van der Waals surface area contributed by atoms with Gasteiger partial charge in [0, 0.05) is 11.3 Å². The number of rotatable bonds is 6. The summed E-state index contributed by atoms with van der Waals surface area (Å²) in [7, 11) is 0. The number of ether oxygens (including phenoxy) is 2. The Hall–Kier alpha value is -3.33. The lowest BCUT2D eigenvalue weighted by atomic mass is 10.1. The van der Waals surface area contributed by atoms with E-state index >= 15 is 0 Å². The third-order valence-electron chi connectivity index (χ3n) is 4.16. The van der Waals surface area contributed by atoms with Gasteiger partial charge in [0.15, 0.2) is 12.3 Å². The maximum absolute atomic E-state index is 10.9. The van der Waals surface area contributed by atoms with Gasteiger partial charge in [0.2, 0.25) is 17.3 Å². The van der Waals surface area contributed by atoms with Gasteiger partial charge in [0.25, 0.3) is 0 Å². The van der Waals surface area contributed by atoms with Crippen LogP contribution < -0.4 is 14.8 Å². The average Bonchev–Trinajstić information content (AvgIpc) is 2.89. The van der Waals surface area contributed by atoms with Crippen LogP contribution in [0.3, 0.4) is 0 Å². The maximum atomic E-state index is 10.9. The molecule has 1 atom stereocenters. The second kappa shape index (κ2) is 8.36. The molecule has 0 spiro atoms. The van der Waals surface area contributed by atoms with Gasteiger partial charge in [0.1, 0.15) is 5.75 Å². The van der Waals surface area contributed by atoms with Crippen molar-refractivity contribution >= 4 is 23.4 Å². The molecular weight excluding hydrogens is 392 g/mol. The molecule has 2 aromatic carbocycles. The van der Waals surface area contributed by atoms with E-state index in [4.69, 9.17) is 14.6 Å². The summed E-state index contributed by atoms with van der Waals surface area (Å²) >= 11 is 1.47. The lowest BCUT2D eigenvalue weighted by molar-refractivity contribution is -0.139. The van der Waals surface area contributed by atoms with Crippen molar-refractivity contribution in [2.75, 3.05) is 17.7 Å². The Morgan fingerprint density at radius 1 is 1.21 bits per heavy atom. The number of benzene rings is 2. The van der Waals surface area contributed by atoms with Crippen molar-refractivity contribution in [3.8, 4) is 22.9 Å². The van der Waals surface area contributed by atoms with E-state index in [0.29, 0.717) is 28.0 Å². The fraction of sp³-hybridized carbons (Fsp3) is 0.200. The molecule has 2 heterocycles. The van der Waals surface area contributed by atoms with Gasteiger partial charge in [-0.1, -0.05) is 49.0 Å². The summed E-state index contributed by atoms with van der Waals surface area (Å²) < 4.78 is 11.7. The number of carbonyl (C=O) groups is 1. The van der Waals surface area contributed by atoms with Crippen LogP contribution in [0.1, 0.15) is 18.7 Å². The van der Waals surface area contributed by atoms with E-state index in [0.717, 1.165) is 17.0 Å². The number of hydrogen-bond donors (Lipinski definition) is 2. The molecule has 0 radical (unpaired) electrons. The Morgan fingerprint density at radius 2 is 2.00 bits per heavy atom. The van der Waals surface area contributed by atoms with Gasteiger partial charge in [-0.15, -0.1) is 10.2 Å². The minimum atomic E-state index is -1.05. The zero-order valence-corrected chi connectivity index (χ0v) is 16.3. The number of fused-ring (bicyclic) bond motifs is 3. The number of aromatic nitrogens is 3. The molecule has 1 aliphatic heterocycles. The third-order valence-corrected chi connectivity index (χ3v) is 4.88. The van der Waals surface area contributed by atoms with E-state index in [2.05, 4.69) is 20.5 Å². The van der Waals surface area contributed by atoms with Crippen LogP contribution in [-0.2, 0) is 4.79 Å². The SMILES string of the molecule is CCSc1nnc2c(n1)OC(c1ccccc1OCC(=O)O)Nc1ccccc1-2. The molecule has 2 N–H and O–H groups in total. The van der Waals surface area contributed by atoms with E-state index in [1.54, 1.807) is 12.1 Å². The minimum Gasteiger partial charge on any atom is -0.481 e.